The van der Waals surface area contributed by atoms with Gasteiger partial charge in [0.15, 0.2) is 0 Å². The van der Waals surface area contributed by atoms with Crippen LogP contribution in [0, 0.1) is 17.1 Å². The van der Waals surface area contributed by atoms with Crippen LogP contribution < -0.4 is 0 Å². The summed E-state index contributed by atoms with van der Waals surface area (Å²) < 4.78 is 13.5. The molecule has 0 radical (unpaired) electrons. The van der Waals surface area contributed by atoms with Gasteiger partial charge in [-0.2, -0.15) is 5.26 Å². The summed E-state index contributed by atoms with van der Waals surface area (Å²) in [6, 6.07) is 9.86. The van der Waals surface area contributed by atoms with Crippen LogP contribution in [0.15, 0.2) is 47.2 Å². The normalized spacial score (nSPS) is 11.7. The fraction of sp³-hybridized carbons (Fsp3) is 0. The maximum Gasteiger partial charge on any atom is 0.137 e. The van der Waals surface area contributed by atoms with Gasteiger partial charge < -0.3 is 0 Å². The summed E-state index contributed by atoms with van der Waals surface area (Å²) in [5.41, 5.74) is 1.49. The van der Waals surface area contributed by atoms with Crippen LogP contribution in [0.3, 0.4) is 0 Å². The van der Waals surface area contributed by atoms with E-state index in [2.05, 4.69) is 20.9 Å². The van der Waals surface area contributed by atoms with Crippen molar-refractivity contribution in [1.29, 1.82) is 5.26 Å². The summed E-state index contributed by atoms with van der Waals surface area (Å²) >= 11 is 9.31. The van der Waals surface area contributed by atoms with E-state index in [1.165, 1.54) is 18.2 Å². The Morgan fingerprint density at radius 3 is 2.68 bits per heavy atom. The van der Waals surface area contributed by atoms with Crippen molar-refractivity contribution >= 4 is 38.1 Å². The molecule has 5 heteroatoms. The fourth-order valence-electron chi connectivity index (χ4n) is 1.53. The number of allylic oxidation sites excluding steroid dienone is 1. The minimum absolute atomic E-state index is 0.260. The van der Waals surface area contributed by atoms with Crippen molar-refractivity contribution < 1.29 is 4.39 Å². The molecule has 0 N–H and O–H groups in total. The first kappa shape index (κ1) is 13.7. The number of rotatable bonds is 2. The Kier molecular flexibility index (Phi) is 4.31. The maximum absolute atomic E-state index is 13.2. The summed E-state index contributed by atoms with van der Waals surface area (Å²) in [6.07, 6.45) is 3.17. The van der Waals surface area contributed by atoms with Gasteiger partial charge in [0.1, 0.15) is 11.9 Å². The van der Waals surface area contributed by atoms with Crippen molar-refractivity contribution in [3.05, 3.63) is 64.1 Å². The number of nitrogens with zero attached hydrogens (tertiary/aromatic N) is 2. The van der Waals surface area contributed by atoms with Crippen LogP contribution in [0.2, 0.25) is 0 Å². The second-order valence-electron chi connectivity index (χ2n) is 3.67. The molecule has 0 saturated carbocycles. The zero-order valence-corrected chi connectivity index (χ0v) is 11.9. The number of pyridine rings is 1. The Balaban J connectivity index is 2.56. The first-order chi connectivity index (χ1) is 9.13. The van der Waals surface area contributed by atoms with Crippen LogP contribution in [-0.4, -0.2) is 4.98 Å². The minimum atomic E-state index is -0.381. The van der Waals surface area contributed by atoms with E-state index in [-0.39, 0.29) is 10.8 Å². The first-order valence-corrected chi connectivity index (χ1v) is 6.46. The Morgan fingerprint density at radius 2 is 2.11 bits per heavy atom. The number of nitriles is 1. The van der Waals surface area contributed by atoms with E-state index in [1.807, 2.05) is 6.07 Å². The van der Waals surface area contributed by atoms with Crippen molar-refractivity contribution in [1.82, 2.24) is 4.98 Å². The Labute approximate surface area is 123 Å². The minimum Gasteiger partial charge on any atom is -0.264 e. The van der Waals surface area contributed by atoms with Crippen LogP contribution >= 0.6 is 27.5 Å². The molecule has 2 aromatic rings. The molecule has 0 aliphatic rings. The first-order valence-electron chi connectivity index (χ1n) is 5.29. The second kappa shape index (κ2) is 5.96. The lowest BCUT2D eigenvalue weighted by Gasteiger charge is -2.05. The molecule has 1 aromatic carbocycles. The number of benzene rings is 1. The highest BCUT2D eigenvalue weighted by atomic mass is 79.9. The topological polar surface area (TPSA) is 36.7 Å². The van der Waals surface area contributed by atoms with E-state index in [4.69, 9.17) is 11.6 Å². The SMILES string of the molecule is N#C/C(=C(\Cl)c1ccc(F)c(Br)c1)c1cccnc1. The molecule has 0 saturated heterocycles. The number of halogens is 3. The third kappa shape index (κ3) is 3.01. The molecule has 0 aliphatic heterocycles. The zero-order valence-electron chi connectivity index (χ0n) is 9.57. The monoisotopic (exact) mass is 336 g/mol. The van der Waals surface area contributed by atoms with E-state index in [0.717, 1.165) is 0 Å². The van der Waals surface area contributed by atoms with E-state index in [1.54, 1.807) is 24.5 Å². The van der Waals surface area contributed by atoms with Crippen molar-refractivity contribution in [2.75, 3.05) is 0 Å². The van der Waals surface area contributed by atoms with Gasteiger partial charge in [0.25, 0.3) is 0 Å². The fourth-order valence-corrected chi connectivity index (χ4v) is 2.18. The van der Waals surface area contributed by atoms with E-state index >= 15 is 0 Å². The maximum atomic E-state index is 13.2. The van der Waals surface area contributed by atoms with Crippen LogP contribution in [0.5, 0.6) is 0 Å². The van der Waals surface area contributed by atoms with Gasteiger partial charge in [0.05, 0.1) is 15.1 Å². The lowest BCUT2D eigenvalue weighted by Crippen LogP contribution is -1.88. The predicted octanol–water partition coefficient (Wildman–Crippen LogP) is 4.61. The predicted molar refractivity (Wildman–Crippen MR) is 76.6 cm³/mol. The number of aromatic nitrogens is 1. The summed E-state index contributed by atoms with van der Waals surface area (Å²) in [4.78, 5) is 3.95. The second-order valence-corrected chi connectivity index (χ2v) is 4.90. The number of hydrogen-bond donors (Lipinski definition) is 0. The van der Waals surface area contributed by atoms with Crippen molar-refractivity contribution in [2.24, 2.45) is 0 Å². The third-order valence-electron chi connectivity index (χ3n) is 2.45. The molecule has 94 valence electrons. The van der Waals surface area contributed by atoms with E-state index < -0.39 is 0 Å². The highest BCUT2D eigenvalue weighted by molar-refractivity contribution is 9.10. The van der Waals surface area contributed by atoms with Gasteiger partial charge in [-0.05, 0) is 39.7 Å². The molecule has 0 bridgehead atoms. The summed E-state index contributed by atoms with van der Waals surface area (Å²) in [7, 11) is 0. The number of hydrogen-bond acceptors (Lipinski definition) is 2. The van der Waals surface area contributed by atoms with Crippen molar-refractivity contribution in [2.45, 2.75) is 0 Å². The van der Waals surface area contributed by atoms with Gasteiger partial charge in [-0.25, -0.2) is 4.39 Å². The van der Waals surface area contributed by atoms with Crippen LogP contribution in [0.1, 0.15) is 11.1 Å². The van der Waals surface area contributed by atoms with Crippen LogP contribution in [0.4, 0.5) is 4.39 Å². The molecule has 2 rings (SSSR count). The summed E-state index contributed by atoms with van der Waals surface area (Å²) in [5, 5.41) is 9.49. The van der Waals surface area contributed by atoms with E-state index in [0.29, 0.717) is 21.2 Å². The van der Waals surface area contributed by atoms with Gasteiger partial charge in [-0.15, -0.1) is 0 Å². The highest BCUT2D eigenvalue weighted by Crippen LogP contribution is 2.31. The van der Waals surface area contributed by atoms with Gasteiger partial charge in [-0.3, -0.25) is 4.98 Å². The molecule has 0 atom stereocenters. The molecule has 0 fully saturated rings. The third-order valence-corrected chi connectivity index (χ3v) is 3.47. The average molecular weight is 338 g/mol. The molecule has 0 amide bonds. The van der Waals surface area contributed by atoms with Gasteiger partial charge in [0.2, 0.25) is 0 Å². The molecule has 2 nitrogen and oxygen atoms in total. The molecule has 0 aliphatic carbocycles. The zero-order chi connectivity index (χ0) is 13.8. The van der Waals surface area contributed by atoms with Crippen LogP contribution in [-0.2, 0) is 0 Å². The summed E-state index contributed by atoms with van der Waals surface area (Å²) in [5.74, 6) is -0.381. The lowest BCUT2D eigenvalue weighted by atomic mass is 10.1. The standard InChI is InChI=1S/C14H7BrClFN2/c15-12-6-9(3-4-13(12)17)14(16)11(7-18)10-2-1-5-19-8-10/h1-6,8H/b14-11+. The van der Waals surface area contributed by atoms with Crippen LogP contribution in [0.25, 0.3) is 10.6 Å². The van der Waals surface area contributed by atoms with Gasteiger partial charge in [0, 0.05) is 18.0 Å². The molecule has 0 unspecified atom stereocenters. The molecule has 1 aromatic heterocycles. The highest BCUT2D eigenvalue weighted by Gasteiger charge is 2.11. The Bertz CT molecular complexity index is 678. The van der Waals surface area contributed by atoms with Crippen molar-refractivity contribution in [3.63, 3.8) is 0 Å². The average Bonchev–Trinajstić information content (AvgIpc) is 2.44. The van der Waals surface area contributed by atoms with Gasteiger partial charge in [-0.1, -0.05) is 23.7 Å². The molecule has 19 heavy (non-hydrogen) atoms. The molecule has 1 heterocycles. The van der Waals surface area contributed by atoms with Crippen molar-refractivity contribution in [3.8, 4) is 6.07 Å². The Hall–Kier alpha value is -1.70. The Morgan fingerprint density at radius 1 is 1.32 bits per heavy atom. The quantitative estimate of drug-likeness (QED) is 0.750. The largest absolute Gasteiger partial charge is 0.264 e. The van der Waals surface area contributed by atoms with E-state index in [9.17, 15) is 9.65 Å². The molecular formula is C14H7BrClFN2. The molecular weight excluding hydrogens is 331 g/mol. The summed E-state index contributed by atoms with van der Waals surface area (Å²) in [6.45, 7) is 0. The smallest absolute Gasteiger partial charge is 0.137 e. The van der Waals surface area contributed by atoms with Gasteiger partial charge >= 0.3 is 0 Å². The molecule has 0 spiro atoms. The lowest BCUT2D eigenvalue weighted by molar-refractivity contribution is 0.621.